The lowest BCUT2D eigenvalue weighted by molar-refractivity contribution is -0.122. The molecule has 0 saturated carbocycles. The van der Waals surface area contributed by atoms with E-state index in [-0.39, 0.29) is 11.8 Å². The summed E-state index contributed by atoms with van der Waals surface area (Å²) in [5.74, 6) is 6.52. The van der Waals surface area contributed by atoms with Crippen LogP contribution in [0.2, 0.25) is 0 Å². The summed E-state index contributed by atoms with van der Waals surface area (Å²) in [6.45, 7) is 0.621. The quantitative estimate of drug-likeness (QED) is 0.215. The van der Waals surface area contributed by atoms with Crippen LogP contribution < -0.4 is 10.2 Å². The third-order valence-electron chi connectivity index (χ3n) is 5.94. The minimum absolute atomic E-state index is 0.0264. The van der Waals surface area contributed by atoms with Crippen molar-refractivity contribution in [2.45, 2.75) is 57.9 Å². The smallest absolute Gasteiger partial charge is 0.227 e. The van der Waals surface area contributed by atoms with Crippen molar-refractivity contribution in [1.29, 1.82) is 0 Å². The van der Waals surface area contributed by atoms with Gasteiger partial charge in [0.25, 0.3) is 0 Å². The van der Waals surface area contributed by atoms with Crippen molar-refractivity contribution in [2.75, 3.05) is 24.7 Å². The summed E-state index contributed by atoms with van der Waals surface area (Å²) in [4.78, 5) is 36.6. The van der Waals surface area contributed by atoms with Gasteiger partial charge in [-0.05, 0) is 61.3 Å². The van der Waals surface area contributed by atoms with Gasteiger partial charge in [0.2, 0.25) is 11.8 Å². The van der Waals surface area contributed by atoms with Crippen molar-refractivity contribution in [3.63, 3.8) is 0 Å². The van der Waals surface area contributed by atoms with Gasteiger partial charge < -0.3 is 19.6 Å². The molecule has 192 valence electrons. The van der Waals surface area contributed by atoms with Crippen molar-refractivity contribution >= 4 is 35.8 Å². The van der Waals surface area contributed by atoms with Gasteiger partial charge >= 0.3 is 0 Å². The highest BCUT2D eigenvalue weighted by molar-refractivity contribution is 8.09. The maximum atomic E-state index is 13.2. The summed E-state index contributed by atoms with van der Waals surface area (Å²) >= 11 is 4.84. The maximum absolute atomic E-state index is 13.2. The molecule has 1 unspecified atom stereocenters. The van der Waals surface area contributed by atoms with Crippen molar-refractivity contribution in [3.8, 4) is 11.8 Å². The number of unbranched alkanes of at least 4 members (excludes halogenated alkanes) is 4. The van der Waals surface area contributed by atoms with E-state index in [0.717, 1.165) is 48.1 Å². The van der Waals surface area contributed by atoms with Crippen LogP contribution in [0, 0.1) is 11.8 Å². The van der Waals surface area contributed by atoms with Crippen molar-refractivity contribution in [1.82, 2.24) is 5.32 Å². The van der Waals surface area contributed by atoms with E-state index in [1.165, 1.54) is 0 Å². The SMILES string of the molecule is CP(O)(=S)OCCCCCCNC(=O)CCCCC(=O)N1Cc2ccccc2C#Cc2ccccc21. The minimum atomic E-state index is -2.55. The van der Waals surface area contributed by atoms with Crippen molar-refractivity contribution < 1.29 is 19.0 Å². The zero-order chi connectivity index (χ0) is 25.8. The fourth-order valence-electron chi connectivity index (χ4n) is 4.04. The van der Waals surface area contributed by atoms with E-state index in [0.29, 0.717) is 45.4 Å². The number of fused-ring (bicyclic) bond motifs is 2. The lowest BCUT2D eigenvalue weighted by Gasteiger charge is -2.26. The number of hydrogen-bond donors (Lipinski definition) is 2. The van der Waals surface area contributed by atoms with Crippen LogP contribution >= 0.6 is 6.49 Å². The van der Waals surface area contributed by atoms with Gasteiger partial charge in [-0.1, -0.05) is 55.0 Å². The molecule has 6 nitrogen and oxygen atoms in total. The summed E-state index contributed by atoms with van der Waals surface area (Å²) in [5.41, 5.74) is 3.67. The summed E-state index contributed by atoms with van der Waals surface area (Å²) in [5, 5.41) is 2.96. The van der Waals surface area contributed by atoms with E-state index in [1.807, 2.05) is 53.4 Å². The standard InChI is InChI=1S/C28H35N2O4PS/c1-35(33,36)34-21-11-3-2-10-20-29-27(31)16-8-9-17-28(32)30-22-25-14-5-4-12-23(25)18-19-24-13-6-7-15-26(24)30/h4-7,12-15H,2-3,8-11,16-17,20-22H2,1H3,(H,29,31)(H,33,36). The second-order valence-corrected chi connectivity index (χ2v) is 12.9. The number of anilines is 1. The molecule has 0 fully saturated rings. The Morgan fingerprint density at radius 1 is 0.972 bits per heavy atom. The van der Waals surface area contributed by atoms with E-state index in [9.17, 15) is 14.5 Å². The van der Waals surface area contributed by atoms with E-state index in [2.05, 4.69) is 17.2 Å². The highest BCUT2D eigenvalue weighted by Crippen LogP contribution is 2.37. The lowest BCUT2D eigenvalue weighted by atomic mass is 10.0. The van der Waals surface area contributed by atoms with Crippen LogP contribution in [0.1, 0.15) is 68.1 Å². The van der Waals surface area contributed by atoms with E-state index in [4.69, 9.17) is 16.3 Å². The number of hydrogen-bond acceptors (Lipinski definition) is 4. The van der Waals surface area contributed by atoms with Gasteiger partial charge in [0.1, 0.15) is 0 Å². The average Bonchev–Trinajstić information content (AvgIpc) is 2.84. The number of nitrogens with zero attached hydrogens (tertiary/aromatic N) is 1. The van der Waals surface area contributed by atoms with Gasteiger partial charge in [-0.15, -0.1) is 0 Å². The molecule has 0 spiro atoms. The normalized spacial score (nSPS) is 13.8. The first-order chi connectivity index (χ1) is 17.3. The van der Waals surface area contributed by atoms with Crippen LogP contribution in [0.4, 0.5) is 5.69 Å². The van der Waals surface area contributed by atoms with Gasteiger partial charge in [0.05, 0.1) is 18.8 Å². The molecular formula is C28H35N2O4PS. The molecule has 0 aliphatic carbocycles. The highest BCUT2D eigenvalue weighted by Gasteiger charge is 2.20. The predicted molar refractivity (Wildman–Crippen MR) is 148 cm³/mol. The number of para-hydroxylation sites is 1. The molecule has 0 saturated heterocycles. The van der Waals surface area contributed by atoms with E-state index < -0.39 is 6.49 Å². The van der Waals surface area contributed by atoms with Crippen molar-refractivity contribution in [2.24, 2.45) is 0 Å². The second-order valence-electron chi connectivity index (χ2n) is 9.01. The van der Waals surface area contributed by atoms with Gasteiger partial charge in [0.15, 0.2) is 6.49 Å². The number of amides is 2. The Bertz CT molecular complexity index is 1150. The molecule has 0 aromatic heterocycles. The van der Waals surface area contributed by atoms with E-state index >= 15 is 0 Å². The number of carbonyl (C=O) groups excluding carboxylic acids is 2. The summed E-state index contributed by atoms with van der Waals surface area (Å²) in [6, 6.07) is 15.7. The summed E-state index contributed by atoms with van der Waals surface area (Å²) in [6.07, 6.45) is 5.86. The summed E-state index contributed by atoms with van der Waals surface area (Å²) in [7, 11) is 0. The molecule has 0 bridgehead atoms. The van der Waals surface area contributed by atoms with Crippen LogP contribution in [0.5, 0.6) is 0 Å². The molecule has 36 heavy (non-hydrogen) atoms. The van der Waals surface area contributed by atoms with Crippen LogP contribution in [0.15, 0.2) is 48.5 Å². The minimum Gasteiger partial charge on any atom is -0.356 e. The zero-order valence-corrected chi connectivity index (χ0v) is 22.6. The topological polar surface area (TPSA) is 78.9 Å². The fraction of sp³-hybridized carbons (Fsp3) is 0.429. The van der Waals surface area contributed by atoms with Crippen LogP contribution in [0.3, 0.4) is 0 Å². The molecule has 2 aromatic carbocycles. The number of nitrogens with one attached hydrogen (secondary N) is 1. The fourth-order valence-corrected chi connectivity index (χ4v) is 4.73. The Hall–Kier alpha value is -2.49. The van der Waals surface area contributed by atoms with Crippen LogP contribution in [-0.4, -0.2) is 36.5 Å². The molecule has 1 atom stereocenters. The largest absolute Gasteiger partial charge is 0.356 e. The molecule has 0 radical (unpaired) electrons. The number of benzene rings is 2. The van der Waals surface area contributed by atoms with Crippen LogP contribution in [-0.2, 0) is 32.5 Å². The Balaban J connectivity index is 1.37. The number of carbonyl (C=O) groups is 2. The first-order valence-electron chi connectivity index (χ1n) is 12.5. The Morgan fingerprint density at radius 2 is 1.64 bits per heavy atom. The predicted octanol–water partition coefficient (Wildman–Crippen LogP) is 5.12. The maximum Gasteiger partial charge on any atom is 0.227 e. The third kappa shape index (κ3) is 9.52. The molecule has 2 aromatic rings. The van der Waals surface area contributed by atoms with E-state index in [1.54, 1.807) is 6.66 Å². The molecule has 2 N–H and O–H groups in total. The zero-order valence-electron chi connectivity index (χ0n) is 20.9. The average molecular weight is 527 g/mol. The first kappa shape index (κ1) is 28.1. The van der Waals surface area contributed by atoms with Gasteiger partial charge in [-0.3, -0.25) is 9.59 Å². The second kappa shape index (κ2) is 14.3. The third-order valence-corrected chi connectivity index (χ3v) is 6.92. The molecule has 1 heterocycles. The molecule has 1 aliphatic rings. The Labute approximate surface area is 219 Å². The molecular weight excluding hydrogens is 491 g/mol. The Kier molecular flexibility index (Phi) is 11.2. The van der Waals surface area contributed by atoms with Gasteiger partial charge in [-0.25, -0.2) is 0 Å². The monoisotopic (exact) mass is 526 g/mol. The molecule has 8 heteroatoms. The van der Waals surface area contributed by atoms with Crippen molar-refractivity contribution in [3.05, 3.63) is 65.2 Å². The highest BCUT2D eigenvalue weighted by atomic mass is 32.5. The first-order valence-corrected chi connectivity index (χ1v) is 15.7. The lowest BCUT2D eigenvalue weighted by Crippen LogP contribution is -2.31. The molecule has 2 amide bonds. The van der Waals surface area contributed by atoms with Gasteiger partial charge in [0, 0.05) is 37.2 Å². The van der Waals surface area contributed by atoms with Gasteiger partial charge in [-0.2, -0.15) is 0 Å². The Morgan fingerprint density at radius 3 is 2.44 bits per heavy atom. The summed E-state index contributed by atoms with van der Waals surface area (Å²) < 4.78 is 5.21. The molecule has 1 aliphatic heterocycles. The van der Waals surface area contributed by atoms with Crippen LogP contribution in [0.25, 0.3) is 0 Å². The molecule has 3 rings (SSSR count). The number of rotatable bonds is 13.